The molecule has 6 heteroatoms. The fraction of sp³-hybridized carbons (Fsp3) is 0.100. The molecule has 0 N–H and O–H groups in total. The van der Waals surface area contributed by atoms with Gasteiger partial charge in [0.1, 0.15) is 11.5 Å². The Balaban J connectivity index is 1.85. The molecule has 0 radical (unpaired) electrons. The molecule has 0 aromatic heterocycles. The number of amides is 1. The molecule has 0 unspecified atom stereocenters. The van der Waals surface area contributed by atoms with Crippen molar-refractivity contribution < 1.29 is 14.3 Å². The number of anilines is 1. The van der Waals surface area contributed by atoms with E-state index in [9.17, 15) is 4.79 Å². The number of ether oxygens (including phenoxy) is 2. The van der Waals surface area contributed by atoms with Crippen LogP contribution in [0.1, 0.15) is 5.56 Å². The SMILES string of the molecule is COc1ccc(N2C(=O)C(=CC=Cc3ccccc3)SC2=S)c(OC)c1. The zero-order chi connectivity index (χ0) is 18.5. The van der Waals surface area contributed by atoms with Gasteiger partial charge >= 0.3 is 0 Å². The van der Waals surface area contributed by atoms with Crippen LogP contribution in [0.25, 0.3) is 6.08 Å². The minimum atomic E-state index is -0.166. The first-order chi connectivity index (χ1) is 12.6. The second-order valence-corrected chi connectivity index (χ2v) is 7.02. The van der Waals surface area contributed by atoms with E-state index in [1.54, 1.807) is 38.5 Å². The van der Waals surface area contributed by atoms with E-state index in [-0.39, 0.29) is 5.91 Å². The average molecular weight is 383 g/mol. The van der Waals surface area contributed by atoms with Crippen molar-refractivity contribution in [2.75, 3.05) is 19.1 Å². The molecule has 2 aromatic carbocycles. The highest BCUT2D eigenvalue weighted by Gasteiger charge is 2.34. The van der Waals surface area contributed by atoms with Crippen molar-refractivity contribution in [2.45, 2.75) is 0 Å². The first kappa shape index (κ1) is 18.2. The minimum absolute atomic E-state index is 0.166. The van der Waals surface area contributed by atoms with Crippen LogP contribution >= 0.6 is 24.0 Å². The van der Waals surface area contributed by atoms with E-state index in [2.05, 4.69) is 0 Å². The van der Waals surface area contributed by atoms with Gasteiger partial charge in [-0.05, 0) is 23.8 Å². The molecule has 4 nitrogen and oxygen atoms in total. The van der Waals surface area contributed by atoms with Crippen LogP contribution in [0.4, 0.5) is 5.69 Å². The number of thiocarbonyl (C=S) groups is 1. The zero-order valence-electron chi connectivity index (χ0n) is 14.3. The smallest absolute Gasteiger partial charge is 0.270 e. The second kappa shape index (κ2) is 8.21. The summed E-state index contributed by atoms with van der Waals surface area (Å²) in [5.41, 5.74) is 1.67. The van der Waals surface area contributed by atoms with Crippen molar-refractivity contribution in [2.24, 2.45) is 0 Å². The highest BCUT2D eigenvalue weighted by Crippen LogP contribution is 2.40. The lowest BCUT2D eigenvalue weighted by Gasteiger charge is -2.18. The summed E-state index contributed by atoms with van der Waals surface area (Å²) >= 11 is 6.68. The van der Waals surface area contributed by atoms with Crippen molar-refractivity contribution in [3.63, 3.8) is 0 Å². The Morgan fingerprint density at radius 2 is 1.85 bits per heavy atom. The van der Waals surface area contributed by atoms with Crippen LogP contribution in [0.2, 0.25) is 0 Å². The summed E-state index contributed by atoms with van der Waals surface area (Å²) in [4.78, 5) is 14.9. The molecule has 0 bridgehead atoms. The number of thioether (sulfide) groups is 1. The van der Waals surface area contributed by atoms with Gasteiger partial charge in [0.05, 0.1) is 24.8 Å². The lowest BCUT2D eigenvalue weighted by atomic mass is 10.2. The number of hydrogen-bond acceptors (Lipinski definition) is 5. The van der Waals surface area contributed by atoms with E-state index in [4.69, 9.17) is 21.7 Å². The summed E-state index contributed by atoms with van der Waals surface area (Å²) in [6, 6.07) is 15.2. The molecule has 0 atom stereocenters. The summed E-state index contributed by atoms with van der Waals surface area (Å²) in [6.45, 7) is 0. The Kier molecular flexibility index (Phi) is 5.75. The van der Waals surface area contributed by atoms with Crippen LogP contribution in [0, 0.1) is 0 Å². The third kappa shape index (κ3) is 3.81. The quantitative estimate of drug-likeness (QED) is 0.554. The molecule has 132 valence electrons. The Labute approximate surface area is 162 Å². The van der Waals surface area contributed by atoms with Crippen molar-refractivity contribution in [3.8, 4) is 11.5 Å². The molecule has 2 aromatic rings. The van der Waals surface area contributed by atoms with Gasteiger partial charge in [0.15, 0.2) is 4.32 Å². The summed E-state index contributed by atoms with van der Waals surface area (Å²) in [7, 11) is 3.13. The van der Waals surface area contributed by atoms with E-state index in [0.717, 1.165) is 5.56 Å². The number of carbonyl (C=O) groups is 1. The number of hydrogen-bond donors (Lipinski definition) is 0. The first-order valence-electron chi connectivity index (χ1n) is 7.85. The Hall–Kier alpha value is -2.57. The average Bonchev–Trinajstić information content (AvgIpc) is 2.95. The monoisotopic (exact) mass is 383 g/mol. The Morgan fingerprint density at radius 3 is 2.54 bits per heavy atom. The van der Waals surface area contributed by atoms with E-state index < -0.39 is 0 Å². The van der Waals surface area contributed by atoms with Crippen LogP contribution in [0.5, 0.6) is 11.5 Å². The lowest BCUT2D eigenvalue weighted by Crippen LogP contribution is -2.27. The third-order valence-electron chi connectivity index (χ3n) is 3.76. The molecule has 1 heterocycles. The molecule has 1 aliphatic rings. The van der Waals surface area contributed by atoms with E-state index in [1.807, 2.05) is 42.5 Å². The summed E-state index contributed by atoms with van der Waals surface area (Å²) in [5, 5.41) is 0. The molecule has 0 aliphatic carbocycles. The van der Waals surface area contributed by atoms with Gasteiger partial charge in [-0.3, -0.25) is 9.69 Å². The fourth-order valence-corrected chi connectivity index (χ4v) is 3.71. The maximum atomic E-state index is 12.8. The van der Waals surface area contributed by atoms with E-state index in [0.29, 0.717) is 26.4 Å². The van der Waals surface area contributed by atoms with Crippen molar-refractivity contribution in [3.05, 3.63) is 71.2 Å². The van der Waals surface area contributed by atoms with E-state index in [1.165, 1.54) is 16.7 Å². The van der Waals surface area contributed by atoms with Gasteiger partial charge < -0.3 is 9.47 Å². The standard InChI is InChI=1S/C20H17NO3S2/c1-23-15-11-12-16(17(13-15)24-2)21-19(22)18(26-20(21)25)10-6-9-14-7-4-3-5-8-14/h3-13H,1-2H3. The molecular formula is C20H17NO3S2. The number of carbonyl (C=O) groups excluding carboxylic acids is 1. The molecule has 0 saturated carbocycles. The fourth-order valence-electron chi connectivity index (χ4n) is 2.47. The van der Waals surface area contributed by atoms with Crippen molar-refractivity contribution >= 4 is 46.0 Å². The van der Waals surface area contributed by atoms with Gasteiger partial charge in [-0.25, -0.2) is 0 Å². The van der Waals surface area contributed by atoms with Crippen LogP contribution in [-0.2, 0) is 4.79 Å². The molecule has 26 heavy (non-hydrogen) atoms. The predicted molar refractivity (Wildman–Crippen MR) is 111 cm³/mol. The third-order valence-corrected chi connectivity index (χ3v) is 5.08. The van der Waals surface area contributed by atoms with Crippen molar-refractivity contribution in [1.29, 1.82) is 0 Å². The number of benzene rings is 2. The van der Waals surface area contributed by atoms with Gasteiger partial charge in [-0.2, -0.15) is 0 Å². The predicted octanol–water partition coefficient (Wildman–Crippen LogP) is 4.67. The molecule has 1 amide bonds. The van der Waals surface area contributed by atoms with Crippen LogP contribution in [0.3, 0.4) is 0 Å². The molecule has 0 spiro atoms. The number of rotatable bonds is 5. The lowest BCUT2D eigenvalue weighted by molar-refractivity contribution is -0.113. The number of methoxy groups -OCH3 is 2. The Morgan fingerprint density at radius 1 is 1.08 bits per heavy atom. The normalized spacial score (nSPS) is 15.9. The topological polar surface area (TPSA) is 38.8 Å². The Bertz CT molecular complexity index is 891. The highest BCUT2D eigenvalue weighted by atomic mass is 32.2. The maximum absolute atomic E-state index is 12.8. The number of nitrogens with zero attached hydrogens (tertiary/aromatic N) is 1. The molecule has 1 aliphatic heterocycles. The van der Waals surface area contributed by atoms with Gasteiger partial charge in [0.25, 0.3) is 5.91 Å². The van der Waals surface area contributed by atoms with E-state index >= 15 is 0 Å². The summed E-state index contributed by atoms with van der Waals surface area (Å²) in [6.07, 6.45) is 5.58. The van der Waals surface area contributed by atoms with Crippen LogP contribution in [0.15, 0.2) is 65.6 Å². The van der Waals surface area contributed by atoms with Crippen LogP contribution < -0.4 is 14.4 Å². The van der Waals surface area contributed by atoms with Gasteiger partial charge in [0.2, 0.25) is 0 Å². The summed E-state index contributed by atoms with van der Waals surface area (Å²) < 4.78 is 11.1. The van der Waals surface area contributed by atoms with Gasteiger partial charge in [-0.1, -0.05) is 66.5 Å². The number of allylic oxidation sites excluding steroid dienone is 2. The highest BCUT2D eigenvalue weighted by molar-refractivity contribution is 8.27. The molecule has 3 rings (SSSR count). The largest absolute Gasteiger partial charge is 0.497 e. The molecule has 1 saturated heterocycles. The maximum Gasteiger partial charge on any atom is 0.270 e. The molecular weight excluding hydrogens is 366 g/mol. The van der Waals surface area contributed by atoms with Gasteiger partial charge in [0, 0.05) is 6.07 Å². The second-order valence-electron chi connectivity index (χ2n) is 5.35. The zero-order valence-corrected chi connectivity index (χ0v) is 16.0. The van der Waals surface area contributed by atoms with Gasteiger partial charge in [-0.15, -0.1) is 0 Å². The van der Waals surface area contributed by atoms with Crippen molar-refractivity contribution in [1.82, 2.24) is 0 Å². The minimum Gasteiger partial charge on any atom is -0.497 e. The van der Waals surface area contributed by atoms with Crippen LogP contribution in [-0.4, -0.2) is 24.4 Å². The first-order valence-corrected chi connectivity index (χ1v) is 9.08. The molecule has 1 fully saturated rings. The summed E-state index contributed by atoms with van der Waals surface area (Å²) in [5.74, 6) is 1.01.